The van der Waals surface area contributed by atoms with Crippen molar-refractivity contribution in [2.45, 2.75) is 19.4 Å². The first-order valence-electron chi connectivity index (χ1n) is 6.16. The number of rotatable bonds is 5. The zero-order valence-electron chi connectivity index (χ0n) is 10.9. The number of nitrogens with zero attached hydrogens (tertiary/aromatic N) is 2. The van der Waals surface area contributed by atoms with Crippen molar-refractivity contribution < 1.29 is 14.8 Å². The van der Waals surface area contributed by atoms with Crippen LogP contribution in [0.3, 0.4) is 0 Å². The molecule has 0 saturated heterocycles. The number of hydrogen-bond acceptors (Lipinski definition) is 5. The lowest BCUT2D eigenvalue weighted by molar-refractivity contribution is -0.384. The molecule has 1 heterocycles. The normalized spacial score (nSPS) is 11.9. The van der Waals surface area contributed by atoms with E-state index in [4.69, 9.17) is 4.74 Å². The van der Waals surface area contributed by atoms with E-state index >= 15 is 0 Å². The van der Waals surface area contributed by atoms with Gasteiger partial charge in [0.15, 0.2) is 0 Å². The SMILES string of the molecule is CCC(O)c1ccc(Oc2cccc([N+](=O)[O-])c2)cn1. The lowest BCUT2D eigenvalue weighted by Gasteiger charge is -2.08. The van der Waals surface area contributed by atoms with Gasteiger partial charge in [-0.15, -0.1) is 0 Å². The van der Waals surface area contributed by atoms with Crippen LogP contribution in [0.4, 0.5) is 5.69 Å². The van der Waals surface area contributed by atoms with Gasteiger partial charge in [0.25, 0.3) is 5.69 Å². The van der Waals surface area contributed by atoms with Gasteiger partial charge < -0.3 is 9.84 Å². The van der Waals surface area contributed by atoms with Gasteiger partial charge in [0, 0.05) is 6.07 Å². The van der Waals surface area contributed by atoms with Crippen molar-refractivity contribution >= 4 is 5.69 Å². The van der Waals surface area contributed by atoms with Crippen LogP contribution in [0.5, 0.6) is 11.5 Å². The molecule has 2 rings (SSSR count). The Balaban J connectivity index is 2.14. The highest BCUT2D eigenvalue weighted by molar-refractivity contribution is 5.40. The van der Waals surface area contributed by atoms with Crippen molar-refractivity contribution in [3.05, 3.63) is 58.4 Å². The van der Waals surface area contributed by atoms with E-state index in [1.165, 1.54) is 18.3 Å². The third-order valence-electron chi connectivity index (χ3n) is 2.75. The third kappa shape index (κ3) is 3.30. The Morgan fingerprint density at radius 2 is 2.15 bits per heavy atom. The lowest BCUT2D eigenvalue weighted by atomic mass is 10.2. The van der Waals surface area contributed by atoms with Crippen molar-refractivity contribution in [2.24, 2.45) is 0 Å². The summed E-state index contributed by atoms with van der Waals surface area (Å²) < 4.78 is 5.49. The number of ether oxygens (including phenoxy) is 1. The van der Waals surface area contributed by atoms with Crippen molar-refractivity contribution in [3.8, 4) is 11.5 Å². The summed E-state index contributed by atoms with van der Waals surface area (Å²) in [6, 6.07) is 9.25. The second-order valence-electron chi connectivity index (χ2n) is 4.20. The molecule has 0 aliphatic heterocycles. The average molecular weight is 274 g/mol. The Morgan fingerprint density at radius 3 is 2.75 bits per heavy atom. The Labute approximate surface area is 115 Å². The number of pyridine rings is 1. The van der Waals surface area contributed by atoms with E-state index in [1.54, 1.807) is 24.3 Å². The summed E-state index contributed by atoms with van der Waals surface area (Å²) in [6.07, 6.45) is 1.47. The molecule has 0 aliphatic rings. The molecule has 0 saturated carbocycles. The summed E-state index contributed by atoms with van der Waals surface area (Å²) in [6.45, 7) is 1.86. The third-order valence-corrected chi connectivity index (χ3v) is 2.75. The molecule has 0 fully saturated rings. The predicted molar refractivity (Wildman–Crippen MR) is 72.7 cm³/mol. The van der Waals surface area contributed by atoms with Crippen LogP contribution in [0.15, 0.2) is 42.6 Å². The van der Waals surface area contributed by atoms with Gasteiger partial charge in [-0.25, -0.2) is 0 Å². The largest absolute Gasteiger partial charge is 0.455 e. The minimum absolute atomic E-state index is 0.0338. The molecule has 1 unspecified atom stereocenters. The van der Waals surface area contributed by atoms with Gasteiger partial charge in [-0.2, -0.15) is 0 Å². The molecule has 1 N–H and O–H groups in total. The number of nitro benzene ring substituents is 1. The summed E-state index contributed by atoms with van der Waals surface area (Å²) >= 11 is 0. The summed E-state index contributed by atoms with van der Waals surface area (Å²) in [5.41, 5.74) is 0.535. The molecule has 0 spiro atoms. The van der Waals surface area contributed by atoms with Gasteiger partial charge in [-0.1, -0.05) is 13.0 Å². The van der Waals surface area contributed by atoms with E-state index in [-0.39, 0.29) is 5.69 Å². The number of aliphatic hydroxyl groups is 1. The Bertz CT molecular complexity index is 598. The maximum Gasteiger partial charge on any atom is 0.273 e. The molecule has 0 bridgehead atoms. The van der Waals surface area contributed by atoms with Gasteiger partial charge in [0.1, 0.15) is 11.5 Å². The van der Waals surface area contributed by atoms with Gasteiger partial charge in [-0.3, -0.25) is 15.1 Å². The fourth-order valence-electron chi connectivity index (χ4n) is 1.66. The van der Waals surface area contributed by atoms with Gasteiger partial charge in [0.05, 0.1) is 29.0 Å². The van der Waals surface area contributed by atoms with E-state index in [9.17, 15) is 15.2 Å². The van der Waals surface area contributed by atoms with Crippen molar-refractivity contribution in [3.63, 3.8) is 0 Å². The number of hydrogen-bond donors (Lipinski definition) is 1. The summed E-state index contributed by atoms with van der Waals surface area (Å²) in [7, 11) is 0. The molecule has 0 radical (unpaired) electrons. The predicted octanol–water partition coefficient (Wildman–Crippen LogP) is 3.23. The summed E-state index contributed by atoms with van der Waals surface area (Å²) in [5.74, 6) is 0.822. The van der Waals surface area contributed by atoms with E-state index in [2.05, 4.69) is 4.98 Å². The zero-order valence-corrected chi connectivity index (χ0v) is 10.9. The molecule has 1 atom stereocenters. The van der Waals surface area contributed by atoms with Crippen molar-refractivity contribution in [1.29, 1.82) is 0 Å². The molecule has 20 heavy (non-hydrogen) atoms. The van der Waals surface area contributed by atoms with E-state index in [0.29, 0.717) is 23.6 Å². The standard InChI is InChI=1S/C14H14N2O4/c1-2-14(17)13-7-6-12(9-15-13)20-11-5-3-4-10(8-11)16(18)19/h3-9,14,17H,2H2,1H3. The van der Waals surface area contributed by atoms with Gasteiger partial charge >= 0.3 is 0 Å². The lowest BCUT2D eigenvalue weighted by Crippen LogP contribution is -1.98. The van der Waals surface area contributed by atoms with Crippen LogP contribution in [0.25, 0.3) is 0 Å². The highest BCUT2D eigenvalue weighted by atomic mass is 16.6. The Hall–Kier alpha value is -2.47. The minimum Gasteiger partial charge on any atom is -0.455 e. The number of non-ortho nitro benzene ring substituents is 1. The Morgan fingerprint density at radius 1 is 1.35 bits per heavy atom. The van der Waals surface area contributed by atoms with Gasteiger partial charge in [-0.05, 0) is 24.6 Å². The maximum absolute atomic E-state index is 10.7. The monoisotopic (exact) mass is 274 g/mol. The molecule has 6 heteroatoms. The molecule has 1 aromatic heterocycles. The van der Waals surface area contributed by atoms with Crippen LogP contribution < -0.4 is 4.74 Å². The summed E-state index contributed by atoms with van der Waals surface area (Å²) in [4.78, 5) is 14.3. The fraction of sp³-hybridized carbons (Fsp3) is 0.214. The zero-order chi connectivity index (χ0) is 14.5. The first-order valence-corrected chi connectivity index (χ1v) is 6.16. The molecular weight excluding hydrogens is 260 g/mol. The molecule has 0 amide bonds. The fourth-order valence-corrected chi connectivity index (χ4v) is 1.66. The van der Waals surface area contributed by atoms with Gasteiger partial charge in [0.2, 0.25) is 0 Å². The van der Waals surface area contributed by atoms with E-state index < -0.39 is 11.0 Å². The number of aromatic nitrogens is 1. The van der Waals surface area contributed by atoms with E-state index in [1.807, 2.05) is 6.92 Å². The second-order valence-corrected chi connectivity index (χ2v) is 4.20. The first-order chi connectivity index (χ1) is 9.60. The van der Waals surface area contributed by atoms with E-state index in [0.717, 1.165) is 0 Å². The molecule has 0 aliphatic carbocycles. The van der Waals surface area contributed by atoms with Crippen LogP contribution in [0.1, 0.15) is 25.1 Å². The number of aliphatic hydroxyl groups excluding tert-OH is 1. The van der Waals surface area contributed by atoms with Crippen LogP contribution >= 0.6 is 0 Å². The number of nitro groups is 1. The highest BCUT2D eigenvalue weighted by Crippen LogP contribution is 2.25. The van der Waals surface area contributed by atoms with Crippen LogP contribution in [-0.4, -0.2) is 15.0 Å². The minimum atomic E-state index is -0.595. The quantitative estimate of drug-likeness (QED) is 0.668. The highest BCUT2D eigenvalue weighted by Gasteiger charge is 2.09. The second kappa shape index (κ2) is 6.12. The van der Waals surface area contributed by atoms with Crippen LogP contribution in [-0.2, 0) is 0 Å². The molecule has 2 aromatic rings. The first kappa shape index (κ1) is 14.0. The van der Waals surface area contributed by atoms with Crippen LogP contribution in [0.2, 0.25) is 0 Å². The van der Waals surface area contributed by atoms with Crippen LogP contribution in [0, 0.1) is 10.1 Å². The number of benzene rings is 1. The molecule has 1 aromatic carbocycles. The molecular formula is C14H14N2O4. The molecule has 6 nitrogen and oxygen atoms in total. The topological polar surface area (TPSA) is 85.5 Å². The van der Waals surface area contributed by atoms with Crippen molar-refractivity contribution in [2.75, 3.05) is 0 Å². The average Bonchev–Trinajstić information content (AvgIpc) is 2.47. The summed E-state index contributed by atoms with van der Waals surface area (Å²) in [5, 5.41) is 20.3. The maximum atomic E-state index is 10.7. The van der Waals surface area contributed by atoms with Crippen molar-refractivity contribution in [1.82, 2.24) is 4.98 Å². The smallest absolute Gasteiger partial charge is 0.273 e. The molecule has 104 valence electrons. The Kier molecular flexibility index (Phi) is 4.27.